The van der Waals surface area contributed by atoms with Crippen molar-refractivity contribution in [2.45, 2.75) is 19.3 Å². The summed E-state index contributed by atoms with van der Waals surface area (Å²) < 4.78 is 5.09. The Bertz CT molecular complexity index is 1090. The van der Waals surface area contributed by atoms with Gasteiger partial charge in [0.05, 0.1) is 0 Å². The quantitative estimate of drug-likeness (QED) is 0.404. The number of para-hydroxylation sites is 1. The Morgan fingerprint density at radius 2 is 1.96 bits per heavy atom. The Morgan fingerprint density at radius 1 is 1.14 bits per heavy atom. The molecular formula is C20H18ClN5O2. The van der Waals surface area contributed by atoms with Crippen LogP contribution in [0.25, 0.3) is 22.3 Å². The number of fused-ring (bicyclic) bond motifs is 1. The lowest BCUT2D eigenvalue weighted by molar-refractivity contribution is -0.120. The average Bonchev–Trinajstić information content (AvgIpc) is 3.35. The van der Waals surface area contributed by atoms with Gasteiger partial charge >= 0.3 is 6.01 Å². The molecule has 2 aromatic heterocycles. The Balaban J connectivity index is 1.25. The first-order valence-electron chi connectivity index (χ1n) is 8.88. The molecule has 0 saturated heterocycles. The topological polar surface area (TPSA) is 95.8 Å². The molecule has 4 rings (SSSR count). The number of halogens is 1. The number of anilines is 1. The SMILES string of the molecule is O=C(CCCc1c[nH]c2ccccc12)NNc1nc(-c2ccc(Cl)cc2)no1. The first-order valence-corrected chi connectivity index (χ1v) is 9.26. The van der Waals surface area contributed by atoms with Gasteiger partial charge in [0, 0.05) is 34.1 Å². The zero-order chi connectivity index (χ0) is 19.3. The number of carbonyl (C=O) groups excluding carboxylic acids is 1. The highest BCUT2D eigenvalue weighted by Crippen LogP contribution is 2.20. The zero-order valence-electron chi connectivity index (χ0n) is 14.9. The lowest BCUT2D eigenvalue weighted by Crippen LogP contribution is -2.29. The van der Waals surface area contributed by atoms with Crippen LogP contribution in [0.2, 0.25) is 5.02 Å². The highest BCUT2D eigenvalue weighted by molar-refractivity contribution is 6.30. The molecule has 0 spiro atoms. The van der Waals surface area contributed by atoms with Crippen LogP contribution in [-0.4, -0.2) is 21.0 Å². The van der Waals surface area contributed by atoms with Gasteiger partial charge in [-0.25, -0.2) is 5.43 Å². The van der Waals surface area contributed by atoms with Gasteiger partial charge in [-0.05, 0) is 48.7 Å². The number of amides is 1. The molecule has 0 aliphatic heterocycles. The van der Waals surface area contributed by atoms with Crippen molar-refractivity contribution in [2.75, 3.05) is 5.43 Å². The molecule has 0 saturated carbocycles. The largest absolute Gasteiger partial charge is 0.361 e. The third-order valence-electron chi connectivity index (χ3n) is 4.36. The molecule has 2 aromatic carbocycles. The fourth-order valence-corrected chi connectivity index (χ4v) is 3.08. The number of aromatic nitrogens is 3. The smallest absolute Gasteiger partial charge is 0.340 e. The van der Waals surface area contributed by atoms with E-state index in [0.29, 0.717) is 17.3 Å². The number of carbonyl (C=O) groups is 1. The molecule has 0 fully saturated rings. The summed E-state index contributed by atoms with van der Waals surface area (Å²) in [6.07, 6.45) is 3.93. The number of nitrogens with zero attached hydrogens (tertiary/aromatic N) is 2. The van der Waals surface area contributed by atoms with Crippen LogP contribution in [0.15, 0.2) is 59.3 Å². The predicted molar refractivity (Wildman–Crippen MR) is 108 cm³/mol. The van der Waals surface area contributed by atoms with Crippen molar-refractivity contribution in [3.63, 3.8) is 0 Å². The summed E-state index contributed by atoms with van der Waals surface area (Å²) in [5.74, 6) is 0.263. The second-order valence-electron chi connectivity index (χ2n) is 6.32. The molecule has 28 heavy (non-hydrogen) atoms. The highest BCUT2D eigenvalue weighted by Gasteiger charge is 2.10. The molecule has 142 valence electrons. The molecule has 1 amide bonds. The molecule has 0 unspecified atom stereocenters. The Kier molecular flexibility index (Phi) is 5.25. The highest BCUT2D eigenvalue weighted by atomic mass is 35.5. The lowest BCUT2D eigenvalue weighted by Gasteiger charge is -2.04. The fourth-order valence-electron chi connectivity index (χ4n) is 2.95. The summed E-state index contributed by atoms with van der Waals surface area (Å²) >= 11 is 5.87. The number of H-pyrrole nitrogens is 1. The maximum absolute atomic E-state index is 12.0. The molecule has 0 radical (unpaired) electrons. The minimum atomic E-state index is -0.147. The molecule has 0 aliphatic carbocycles. The predicted octanol–water partition coefficient (Wildman–Crippen LogP) is 4.34. The number of hydrogen-bond donors (Lipinski definition) is 3. The third-order valence-corrected chi connectivity index (χ3v) is 4.61. The minimum Gasteiger partial charge on any atom is -0.361 e. The van der Waals surface area contributed by atoms with Crippen LogP contribution in [0.1, 0.15) is 18.4 Å². The summed E-state index contributed by atoms with van der Waals surface area (Å²) in [5.41, 5.74) is 8.31. The molecule has 8 heteroatoms. The summed E-state index contributed by atoms with van der Waals surface area (Å²) in [6.45, 7) is 0. The molecule has 3 N–H and O–H groups in total. The standard InChI is InChI=1S/C20H18ClN5O2/c21-15-10-8-13(9-11-15)19-23-20(28-26-19)25-24-18(27)7-3-4-14-12-22-17-6-2-1-5-16(14)17/h1-2,5-6,8-12,22H,3-4,7H2,(H,24,27)(H,23,25,26). The van der Waals surface area contributed by atoms with Gasteiger partial charge in [0.1, 0.15) is 0 Å². The normalized spacial score (nSPS) is 10.9. The first-order chi connectivity index (χ1) is 13.7. The summed E-state index contributed by atoms with van der Waals surface area (Å²) in [4.78, 5) is 19.5. The van der Waals surface area contributed by atoms with Gasteiger partial charge in [-0.2, -0.15) is 4.98 Å². The van der Waals surface area contributed by atoms with Crippen molar-refractivity contribution >= 4 is 34.4 Å². The Hall–Kier alpha value is -3.32. The molecule has 2 heterocycles. The van der Waals surface area contributed by atoms with Crippen molar-refractivity contribution in [1.29, 1.82) is 0 Å². The fraction of sp³-hybridized carbons (Fsp3) is 0.150. The lowest BCUT2D eigenvalue weighted by atomic mass is 10.1. The summed E-state index contributed by atoms with van der Waals surface area (Å²) in [5, 5.41) is 5.70. The van der Waals surface area contributed by atoms with Crippen LogP contribution in [0.4, 0.5) is 6.01 Å². The number of benzene rings is 2. The maximum Gasteiger partial charge on any atom is 0.340 e. The molecule has 0 bridgehead atoms. The molecule has 0 atom stereocenters. The minimum absolute atomic E-state index is 0.120. The number of aromatic amines is 1. The molecular weight excluding hydrogens is 378 g/mol. The van der Waals surface area contributed by atoms with Crippen LogP contribution >= 0.6 is 11.6 Å². The van der Waals surface area contributed by atoms with Crippen LogP contribution in [-0.2, 0) is 11.2 Å². The molecule has 7 nitrogen and oxygen atoms in total. The third kappa shape index (κ3) is 4.15. The number of nitrogens with one attached hydrogen (secondary N) is 3. The van der Waals surface area contributed by atoms with E-state index in [0.717, 1.165) is 23.9 Å². The first kappa shape index (κ1) is 18.1. The van der Waals surface area contributed by atoms with E-state index in [1.807, 2.05) is 24.4 Å². The van der Waals surface area contributed by atoms with Crippen LogP contribution in [0, 0.1) is 0 Å². The Morgan fingerprint density at radius 3 is 2.82 bits per heavy atom. The van der Waals surface area contributed by atoms with E-state index >= 15 is 0 Å². The monoisotopic (exact) mass is 395 g/mol. The van der Waals surface area contributed by atoms with Crippen LogP contribution < -0.4 is 10.9 Å². The van der Waals surface area contributed by atoms with Gasteiger partial charge in [-0.1, -0.05) is 35.0 Å². The molecule has 0 aliphatic rings. The number of hydrogen-bond acceptors (Lipinski definition) is 5. The van der Waals surface area contributed by atoms with E-state index in [1.165, 1.54) is 10.9 Å². The van der Waals surface area contributed by atoms with Gasteiger partial charge in [0.2, 0.25) is 11.7 Å². The number of aryl methyl sites for hydroxylation is 1. The van der Waals surface area contributed by atoms with Crippen LogP contribution in [0.5, 0.6) is 0 Å². The van der Waals surface area contributed by atoms with Crippen molar-refractivity contribution < 1.29 is 9.32 Å². The number of hydrazine groups is 1. The molecule has 4 aromatic rings. The van der Waals surface area contributed by atoms with E-state index in [4.69, 9.17) is 16.1 Å². The van der Waals surface area contributed by atoms with E-state index in [9.17, 15) is 4.79 Å². The van der Waals surface area contributed by atoms with Gasteiger partial charge in [0.15, 0.2) is 0 Å². The Labute approximate surface area is 166 Å². The average molecular weight is 396 g/mol. The van der Waals surface area contributed by atoms with Gasteiger partial charge < -0.3 is 9.51 Å². The van der Waals surface area contributed by atoms with Crippen LogP contribution in [0.3, 0.4) is 0 Å². The van der Waals surface area contributed by atoms with E-state index < -0.39 is 0 Å². The maximum atomic E-state index is 12.0. The van der Waals surface area contributed by atoms with Gasteiger partial charge in [-0.15, -0.1) is 0 Å². The van der Waals surface area contributed by atoms with Crippen molar-refractivity contribution in [2.24, 2.45) is 0 Å². The summed E-state index contributed by atoms with van der Waals surface area (Å²) in [6, 6.07) is 15.3. The van der Waals surface area contributed by atoms with Crippen molar-refractivity contribution in [1.82, 2.24) is 20.6 Å². The van der Waals surface area contributed by atoms with E-state index in [-0.39, 0.29) is 11.9 Å². The van der Waals surface area contributed by atoms with E-state index in [2.05, 4.69) is 32.0 Å². The second-order valence-corrected chi connectivity index (χ2v) is 6.75. The van der Waals surface area contributed by atoms with E-state index in [1.54, 1.807) is 24.3 Å². The zero-order valence-corrected chi connectivity index (χ0v) is 15.7. The second kappa shape index (κ2) is 8.14. The van der Waals surface area contributed by atoms with Gasteiger partial charge in [0.25, 0.3) is 0 Å². The van der Waals surface area contributed by atoms with Crippen molar-refractivity contribution in [3.8, 4) is 11.4 Å². The summed E-state index contributed by atoms with van der Waals surface area (Å²) in [7, 11) is 0. The van der Waals surface area contributed by atoms with Gasteiger partial charge in [-0.3, -0.25) is 10.2 Å². The van der Waals surface area contributed by atoms with Crippen molar-refractivity contribution in [3.05, 3.63) is 65.3 Å². The number of rotatable bonds is 7.